The number of carbonyl (C=O) groups excluding carboxylic acids is 3. The third-order valence-corrected chi connectivity index (χ3v) is 6.16. The zero-order valence-electron chi connectivity index (χ0n) is 19.8. The molecule has 1 aliphatic rings. The quantitative estimate of drug-likeness (QED) is 0.629. The summed E-state index contributed by atoms with van der Waals surface area (Å²) in [4.78, 5) is 40.5. The standard InChI is InChI=1S/C26H32FN3O4/c1-17-10-7-8-15-22(17)23(24(31)29-20-12-5-4-6-13-20)30(21-14-9-11-19(27)16-21)25(32)18(2)28-26(33)34-3/h7-11,14-16,18,20,23H,4-6,12-13H2,1-3H3,(H,28,33)(H,29,31)/t18-,23-/m0/s1. The molecule has 8 heteroatoms. The Labute approximate surface area is 199 Å². The van der Waals surface area contributed by atoms with E-state index in [1.54, 1.807) is 18.2 Å². The number of nitrogens with one attached hydrogen (secondary N) is 2. The molecule has 1 fully saturated rings. The van der Waals surface area contributed by atoms with Gasteiger partial charge in [-0.05, 0) is 56.0 Å². The Morgan fingerprint density at radius 3 is 2.41 bits per heavy atom. The Hall–Kier alpha value is -3.42. The summed E-state index contributed by atoms with van der Waals surface area (Å²) in [7, 11) is 1.20. The molecule has 182 valence electrons. The Bertz CT molecular complexity index is 1020. The number of nitrogens with zero attached hydrogens (tertiary/aromatic N) is 1. The molecule has 2 aromatic carbocycles. The molecule has 0 bridgehead atoms. The van der Waals surface area contributed by atoms with Crippen molar-refractivity contribution in [3.05, 3.63) is 65.5 Å². The summed E-state index contributed by atoms with van der Waals surface area (Å²) < 4.78 is 18.9. The number of hydrogen-bond acceptors (Lipinski definition) is 4. The largest absolute Gasteiger partial charge is 0.453 e. The van der Waals surface area contributed by atoms with E-state index < -0.39 is 29.9 Å². The van der Waals surface area contributed by atoms with Crippen LogP contribution in [0.2, 0.25) is 0 Å². The van der Waals surface area contributed by atoms with E-state index in [0.717, 1.165) is 37.7 Å². The van der Waals surface area contributed by atoms with Crippen LogP contribution in [0.1, 0.15) is 56.2 Å². The summed E-state index contributed by atoms with van der Waals surface area (Å²) in [6, 6.07) is 10.8. The van der Waals surface area contributed by atoms with Gasteiger partial charge in [-0.25, -0.2) is 9.18 Å². The predicted octanol–water partition coefficient (Wildman–Crippen LogP) is 4.40. The lowest BCUT2D eigenvalue weighted by atomic mass is 9.93. The SMILES string of the molecule is COC(=O)N[C@@H](C)C(=O)N(c1cccc(F)c1)[C@H](C(=O)NC1CCCCC1)c1ccccc1C. The monoisotopic (exact) mass is 469 g/mol. The van der Waals surface area contributed by atoms with Crippen molar-refractivity contribution in [2.24, 2.45) is 0 Å². The van der Waals surface area contributed by atoms with Crippen molar-refractivity contribution in [3.8, 4) is 0 Å². The van der Waals surface area contributed by atoms with Crippen LogP contribution in [0.25, 0.3) is 0 Å². The zero-order valence-corrected chi connectivity index (χ0v) is 19.8. The molecule has 2 N–H and O–H groups in total. The van der Waals surface area contributed by atoms with Gasteiger partial charge in [-0.2, -0.15) is 0 Å². The number of carbonyl (C=O) groups is 3. The molecule has 0 aliphatic heterocycles. The number of methoxy groups -OCH3 is 1. The maximum atomic E-state index is 14.2. The van der Waals surface area contributed by atoms with Crippen LogP contribution >= 0.6 is 0 Å². The molecule has 7 nitrogen and oxygen atoms in total. The van der Waals surface area contributed by atoms with Crippen LogP contribution in [-0.4, -0.2) is 37.1 Å². The number of benzene rings is 2. The lowest BCUT2D eigenvalue weighted by Gasteiger charge is -2.35. The van der Waals surface area contributed by atoms with Crippen LogP contribution in [0.15, 0.2) is 48.5 Å². The third-order valence-electron chi connectivity index (χ3n) is 6.16. The van der Waals surface area contributed by atoms with Crippen molar-refractivity contribution in [1.82, 2.24) is 10.6 Å². The highest BCUT2D eigenvalue weighted by Crippen LogP contribution is 2.31. The second-order valence-electron chi connectivity index (χ2n) is 8.65. The van der Waals surface area contributed by atoms with Crippen molar-refractivity contribution in [1.29, 1.82) is 0 Å². The van der Waals surface area contributed by atoms with Crippen molar-refractivity contribution in [3.63, 3.8) is 0 Å². The molecule has 0 saturated heterocycles. The van der Waals surface area contributed by atoms with Crippen LogP contribution in [-0.2, 0) is 14.3 Å². The minimum Gasteiger partial charge on any atom is -0.453 e. The topological polar surface area (TPSA) is 87.7 Å². The number of ether oxygens (including phenoxy) is 1. The number of halogens is 1. The van der Waals surface area contributed by atoms with Crippen molar-refractivity contribution in [2.45, 2.75) is 64.1 Å². The third kappa shape index (κ3) is 6.12. The molecule has 34 heavy (non-hydrogen) atoms. The predicted molar refractivity (Wildman–Crippen MR) is 128 cm³/mol. The van der Waals surface area contributed by atoms with E-state index in [9.17, 15) is 18.8 Å². The average molecular weight is 470 g/mol. The van der Waals surface area contributed by atoms with Gasteiger partial charge >= 0.3 is 6.09 Å². The molecule has 2 aromatic rings. The molecule has 3 rings (SSSR count). The van der Waals surface area contributed by atoms with Crippen molar-refractivity contribution in [2.75, 3.05) is 12.0 Å². The van der Waals surface area contributed by atoms with Crippen LogP contribution in [0.3, 0.4) is 0 Å². The van der Waals surface area contributed by atoms with Gasteiger partial charge in [0.05, 0.1) is 7.11 Å². The van der Waals surface area contributed by atoms with E-state index in [4.69, 9.17) is 0 Å². The van der Waals surface area contributed by atoms with Crippen molar-refractivity contribution >= 4 is 23.6 Å². The second kappa shape index (κ2) is 11.6. The lowest BCUT2D eigenvalue weighted by molar-refractivity contribution is -0.127. The molecule has 1 aliphatic carbocycles. The van der Waals surface area contributed by atoms with Crippen LogP contribution in [0.4, 0.5) is 14.9 Å². The smallest absolute Gasteiger partial charge is 0.407 e. The first kappa shape index (κ1) is 25.2. The van der Waals surface area contributed by atoms with Gasteiger partial charge in [0.25, 0.3) is 0 Å². The Morgan fingerprint density at radius 1 is 1.06 bits per heavy atom. The number of alkyl carbamates (subject to hydrolysis) is 1. The maximum absolute atomic E-state index is 14.2. The van der Waals surface area contributed by atoms with Crippen LogP contribution in [0.5, 0.6) is 0 Å². The first-order chi connectivity index (χ1) is 16.3. The first-order valence-corrected chi connectivity index (χ1v) is 11.6. The normalized spacial score (nSPS) is 15.6. The Balaban J connectivity index is 2.08. The molecule has 0 heterocycles. The van der Waals surface area contributed by atoms with E-state index >= 15 is 0 Å². The highest BCUT2D eigenvalue weighted by Gasteiger charge is 2.37. The highest BCUT2D eigenvalue weighted by molar-refractivity contribution is 6.04. The van der Waals surface area contributed by atoms with Crippen LogP contribution in [0, 0.1) is 12.7 Å². The number of hydrogen-bond donors (Lipinski definition) is 2. The van der Waals surface area contributed by atoms with Gasteiger partial charge in [-0.15, -0.1) is 0 Å². The van der Waals surface area contributed by atoms with Gasteiger partial charge in [-0.3, -0.25) is 14.5 Å². The van der Waals surface area contributed by atoms with Gasteiger partial charge in [0.15, 0.2) is 0 Å². The summed E-state index contributed by atoms with van der Waals surface area (Å²) >= 11 is 0. The molecule has 3 amide bonds. The lowest BCUT2D eigenvalue weighted by Crippen LogP contribution is -2.53. The number of amides is 3. The molecular formula is C26H32FN3O4. The average Bonchev–Trinajstić information content (AvgIpc) is 2.83. The fraction of sp³-hybridized carbons (Fsp3) is 0.423. The van der Waals surface area contributed by atoms with E-state index in [-0.39, 0.29) is 17.6 Å². The zero-order chi connectivity index (χ0) is 24.7. The molecule has 0 unspecified atom stereocenters. The fourth-order valence-electron chi connectivity index (χ4n) is 4.35. The molecule has 0 aromatic heterocycles. The highest BCUT2D eigenvalue weighted by atomic mass is 19.1. The van der Waals surface area contributed by atoms with Crippen LogP contribution < -0.4 is 15.5 Å². The number of rotatable bonds is 7. The summed E-state index contributed by atoms with van der Waals surface area (Å²) in [6.45, 7) is 3.36. The summed E-state index contributed by atoms with van der Waals surface area (Å²) in [5, 5.41) is 5.57. The summed E-state index contributed by atoms with van der Waals surface area (Å²) in [5.41, 5.74) is 1.66. The molecular weight excluding hydrogens is 437 g/mol. The molecule has 1 saturated carbocycles. The molecule has 0 spiro atoms. The maximum Gasteiger partial charge on any atom is 0.407 e. The summed E-state index contributed by atoms with van der Waals surface area (Å²) in [6.07, 6.45) is 4.18. The molecule has 2 atom stereocenters. The minimum absolute atomic E-state index is 0.0165. The second-order valence-corrected chi connectivity index (χ2v) is 8.65. The van der Waals surface area contributed by atoms with Crippen molar-refractivity contribution < 1.29 is 23.5 Å². The van der Waals surface area contributed by atoms with Gasteiger partial charge in [0.2, 0.25) is 11.8 Å². The molecule has 0 radical (unpaired) electrons. The van der Waals surface area contributed by atoms with E-state index in [2.05, 4.69) is 15.4 Å². The number of anilines is 1. The Morgan fingerprint density at radius 2 is 1.76 bits per heavy atom. The van der Waals surface area contributed by atoms with Gasteiger partial charge < -0.3 is 15.4 Å². The van der Waals surface area contributed by atoms with Gasteiger partial charge in [0, 0.05) is 11.7 Å². The fourth-order valence-corrected chi connectivity index (χ4v) is 4.35. The van der Waals surface area contributed by atoms with E-state index in [1.807, 2.05) is 19.1 Å². The van der Waals surface area contributed by atoms with E-state index in [0.29, 0.717) is 5.56 Å². The van der Waals surface area contributed by atoms with Gasteiger partial charge in [-0.1, -0.05) is 49.6 Å². The van der Waals surface area contributed by atoms with E-state index in [1.165, 1.54) is 37.1 Å². The first-order valence-electron chi connectivity index (χ1n) is 11.6. The summed E-state index contributed by atoms with van der Waals surface area (Å²) in [5.74, 6) is -1.45. The Kier molecular flexibility index (Phi) is 8.62. The minimum atomic E-state index is -1.06. The van der Waals surface area contributed by atoms with Gasteiger partial charge in [0.1, 0.15) is 17.9 Å². The number of aryl methyl sites for hydroxylation is 1.